The summed E-state index contributed by atoms with van der Waals surface area (Å²) in [5.74, 6) is -0.408. The summed E-state index contributed by atoms with van der Waals surface area (Å²) in [6.07, 6.45) is 53.2. The van der Waals surface area contributed by atoms with Gasteiger partial charge in [0.25, 0.3) is 0 Å². The van der Waals surface area contributed by atoms with Crippen molar-refractivity contribution in [3.63, 3.8) is 0 Å². The monoisotopic (exact) mass is 759 g/mol. The van der Waals surface area contributed by atoms with Crippen molar-refractivity contribution in [2.24, 2.45) is 0 Å². The van der Waals surface area contributed by atoms with Gasteiger partial charge in [-0.3, -0.25) is 9.59 Å². The minimum absolute atomic E-state index is 0.0837. The highest BCUT2D eigenvalue weighted by atomic mass is 16.6. The lowest BCUT2D eigenvalue weighted by Crippen LogP contribution is -2.30. The molecule has 316 valence electrons. The van der Waals surface area contributed by atoms with Gasteiger partial charge in [0.05, 0.1) is 6.61 Å². The molecule has 54 heavy (non-hydrogen) atoms. The SMILES string of the molecule is CC/C=C\C/C=C\C/C=C\CCCCCCCCOCC(COC(=O)CCCCCCCCCCCCCCCCCCC)OC(=O)CCCCCCC. The van der Waals surface area contributed by atoms with Gasteiger partial charge in [-0.1, -0.05) is 211 Å². The van der Waals surface area contributed by atoms with Crippen LogP contribution in [0.15, 0.2) is 36.5 Å². The van der Waals surface area contributed by atoms with Crippen LogP contribution in [0.5, 0.6) is 0 Å². The van der Waals surface area contributed by atoms with Gasteiger partial charge in [0, 0.05) is 19.4 Å². The van der Waals surface area contributed by atoms with E-state index in [1.807, 2.05) is 0 Å². The summed E-state index contributed by atoms with van der Waals surface area (Å²) in [7, 11) is 0. The molecule has 0 aliphatic carbocycles. The molecule has 0 aromatic rings. The topological polar surface area (TPSA) is 61.8 Å². The molecular formula is C49H90O5. The normalized spacial score (nSPS) is 12.4. The average Bonchev–Trinajstić information content (AvgIpc) is 3.17. The summed E-state index contributed by atoms with van der Waals surface area (Å²) in [5, 5.41) is 0. The summed E-state index contributed by atoms with van der Waals surface area (Å²) in [5.41, 5.74) is 0. The highest BCUT2D eigenvalue weighted by molar-refractivity contribution is 5.70. The maximum atomic E-state index is 12.5. The van der Waals surface area contributed by atoms with Gasteiger partial charge >= 0.3 is 11.9 Å². The predicted octanol–water partition coefficient (Wildman–Crippen LogP) is 15.4. The molecule has 0 N–H and O–H groups in total. The van der Waals surface area contributed by atoms with Gasteiger partial charge in [-0.15, -0.1) is 0 Å². The zero-order valence-corrected chi connectivity index (χ0v) is 36.2. The van der Waals surface area contributed by atoms with Crippen LogP contribution >= 0.6 is 0 Å². The third-order valence-corrected chi connectivity index (χ3v) is 10.2. The fourth-order valence-electron chi connectivity index (χ4n) is 6.70. The second-order valence-electron chi connectivity index (χ2n) is 15.6. The van der Waals surface area contributed by atoms with Gasteiger partial charge in [0.1, 0.15) is 6.61 Å². The number of carbonyl (C=O) groups excluding carboxylic acids is 2. The van der Waals surface area contributed by atoms with Crippen LogP contribution in [-0.4, -0.2) is 37.9 Å². The molecule has 0 rings (SSSR count). The highest BCUT2D eigenvalue weighted by Crippen LogP contribution is 2.15. The molecule has 0 saturated heterocycles. The van der Waals surface area contributed by atoms with Crippen LogP contribution in [0, 0.1) is 0 Å². The molecule has 5 nitrogen and oxygen atoms in total. The van der Waals surface area contributed by atoms with Gasteiger partial charge < -0.3 is 14.2 Å². The Bertz CT molecular complexity index is 862. The van der Waals surface area contributed by atoms with Gasteiger partial charge in [0.2, 0.25) is 0 Å². The first-order chi connectivity index (χ1) is 26.6. The maximum Gasteiger partial charge on any atom is 0.306 e. The van der Waals surface area contributed by atoms with E-state index in [4.69, 9.17) is 14.2 Å². The lowest BCUT2D eigenvalue weighted by molar-refractivity contribution is -0.163. The number of unbranched alkanes of at least 4 members (excludes halogenated alkanes) is 26. The van der Waals surface area contributed by atoms with E-state index in [2.05, 4.69) is 57.2 Å². The molecule has 0 aromatic heterocycles. The number of ether oxygens (including phenoxy) is 3. The van der Waals surface area contributed by atoms with Gasteiger partial charge in [-0.05, 0) is 51.4 Å². The van der Waals surface area contributed by atoms with E-state index in [-0.39, 0.29) is 25.2 Å². The second-order valence-corrected chi connectivity index (χ2v) is 15.6. The Kier molecular flexibility index (Phi) is 43.9. The number of hydrogen-bond acceptors (Lipinski definition) is 5. The molecule has 0 fully saturated rings. The number of esters is 2. The third-order valence-electron chi connectivity index (χ3n) is 10.2. The van der Waals surface area contributed by atoms with Gasteiger partial charge in [-0.2, -0.15) is 0 Å². The Morgan fingerprint density at radius 3 is 1.33 bits per heavy atom. The molecule has 0 aliphatic rings. The predicted molar refractivity (Wildman–Crippen MR) is 233 cm³/mol. The Balaban J connectivity index is 4.03. The fourth-order valence-corrected chi connectivity index (χ4v) is 6.70. The van der Waals surface area contributed by atoms with Crippen molar-refractivity contribution in [3.05, 3.63) is 36.5 Å². The Labute approximate surface area is 336 Å². The van der Waals surface area contributed by atoms with Gasteiger partial charge in [-0.25, -0.2) is 0 Å². The van der Waals surface area contributed by atoms with Crippen LogP contribution in [0.1, 0.15) is 239 Å². The molecule has 0 aliphatic heterocycles. The third kappa shape index (κ3) is 42.9. The summed E-state index contributed by atoms with van der Waals surface area (Å²) >= 11 is 0. The van der Waals surface area contributed by atoms with Crippen LogP contribution in [-0.2, 0) is 23.8 Å². The largest absolute Gasteiger partial charge is 0.462 e. The maximum absolute atomic E-state index is 12.5. The zero-order valence-electron chi connectivity index (χ0n) is 36.2. The standard InChI is InChI=1S/C49H90O5/c1-4-7-10-13-15-17-19-21-23-25-26-28-30-32-34-37-39-42-48(50)53-46-47(54-49(51)43-40-36-12-9-6-3)45-52-44-41-38-35-33-31-29-27-24-22-20-18-16-14-11-8-5-2/h8,11,16,18,22,24,47H,4-7,9-10,12-15,17,19-21,23,25-46H2,1-3H3/b11-8-,18-16-,24-22-. The number of rotatable bonds is 43. The van der Waals surface area contributed by atoms with E-state index in [1.165, 1.54) is 135 Å². The van der Waals surface area contributed by atoms with Crippen LogP contribution < -0.4 is 0 Å². The minimum Gasteiger partial charge on any atom is -0.462 e. The van der Waals surface area contributed by atoms with E-state index in [0.717, 1.165) is 70.6 Å². The molecule has 1 unspecified atom stereocenters. The van der Waals surface area contributed by atoms with Crippen LogP contribution in [0.4, 0.5) is 0 Å². The molecular weight excluding hydrogens is 669 g/mol. The Hall–Kier alpha value is -1.88. The first-order valence-corrected chi connectivity index (χ1v) is 23.5. The Morgan fingerprint density at radius 1 is 0.426 bits per heavy atom. The van der Waals surface area contributed by atoms with E-state index < -0.39 is 6.10 Å². The summed E-state index contributed by atoms with van der Waals surface area (Å²) in [6, 6.07) is 0. The van der Waals surface area contributed by atoms with E-state index in [1.54, 1.807) is 0 Å². The molecule has 5 heteroatoms. The molecule has 0 heterocycles. The first-order valence-electron chi connectivity index (χ1n) is 23.5. The van der Waals surface area contributed by atoms with Crippen LogP contribution in [0.25, 0.3) is 0 Å². The van der Waals surface area contributed by atoms with E-state index >= 15 is 0 Å². The zero-order chi connectivity index (χ0) is 39.3. The van der Waals surface area contributed by atoms with Crippen molar-refractivity contribution >= 4 is 11.9 Å². The van der Waals surface area contributed by atoms with Crippen molar-refractivity contribution in [1.29, 1.82) is 0 Å². The smallest absolute Gasteiger partial charge is 0.306 e. The van der Waals surface area contributed by atoms with Crippen molar-refractivity contribution < 1.29 is 23.8 Å². The molecule has 0 aromatic carbocycles. The molecule has 0 spiro atoms. The second kappa shape index (κ2) is 45.5. The lowest BCUT2D eigenvalue weighted by Gasteiger charge is -2.18. The van der Waals surface area contributed by atoms with Crippen molar-refractivity contribution in [1.82, 2.24) is 0 Å². The average molecular weight is 759 g/mol. The number of allylic oxidation sites excluding steroid dienone is 6. The molecule has 0 saturated carbocycles. The quantitative estimate of drug-likeness (QED) is 0.0352. The van der Waals surface area contributed by atoms with Crippen molar-refractivity contribution in [2.75, 3.05) is 19.8 Å². The van der Waals surface area contributed by atoms with Crippen molar-refractivity contribution in [2.45, 2.75) is 245 Å². The first kappa shape index (κ1) is 52.1. The summed E-state index contributed by atoms with van der Waals surface area (Å²) in [4.78, 5) is 25.0. The number of carbonyl (C=O) groups is 2. The van der Waals surface area contributed by atoms with Gasteiger partial charge in [0.15, 0.2) is 6.10 Å². The van der Waals surface area contributed by atoms with Crippen LogP contribution in [0.2, 0.25) is 0 Å². The Morgan fingerprint density at radius 2 is 0.833 bits per heavy atom. The molecule has 0 bridgehead atoms. The number of hydrogen-bond donors (Lipinski definition) is 0. The lowest BCUT2D eigenvalue weighted by atomic mass is 10.0. The van der Waals surface area contributed by atoms with Crippen LogP contribution in [0.3, 0.4) is 0 Å². The van der Waals surface area contributed by atoms with Crippen molar-refractivity contribution in [3.8, 4) is 0 Å². The molecule has 1 atom stereocenters. The van der Waals surface area contributed by atoms with E-state index in [0.29, 0.717) is 19.4 Å². The summed E-state index contributed by atoms with van der Waals surface area (Å²) in [6.45, 7) is 7.65. The highest BCUT2D eigenvalue weighted by Gasteiger charge is 2.17. The minimum atomic E-state index is -0.533. The molecule has 0 amide bonds. The fraction of sp³-hybridized carbons (Fsp3) is 0.837. The molecule has 0 radical (unpaired) electrons. The summed E-state index contributed by atoms with van der Waals surface area (Å²) < 4.78 is 17.2. The van der Waals surface area contributed by atoms with E-state index in [9.17, 15) is 9.59 Å².